The van der Waals surface area contributed by atoms with Crippen molar-refractivity contribution in [2.75, 3.05) is 0 Å². The second-order valence-electron chi connectivity index (χ2n) is 6.92. The average molecular weight is 384 g/mol. The Balaban J connectivity index is 1.68. The molecule has 0 unspecified atom stereocenters. The van der Waals surface area contributed by atoms with Gasteiger partial charge in [-0.2, -0.15) is 5.10 Å². The molecule has 0 saturated carbocycles. The molecule has 0 atom stereocenters. The summed E-state index contributed by atoms with van der Waals surface area (Å²) in [6.45, 7) is 3.50. The SMILES string of the molecule is Cc1nc2c(cc1C(=O)NS(=O)(=O)c1ccc3c(c1)CCC3)c(C)nn2C. The number of carbonyl (C=O) groups is 1. The van der Waals surface area contributed by atoms with E-state index >= 15 is 0 Å². The van der Waals surface area contributed by atoms with Crippen LogP contribution in [0, 0.1) is 13.8 Å². The summed E-state index contributed by atoms with van der Waals surface area (Å²) in [5, 5.41) is 5.02. The highest BCUT2D eigenvalue weighted by molar-refractivity contribution is 7.90. The Labute approximate surface area is 157 Å². The number of amides is 1. The molecule has 1 aliphatic rings. The van der Waals surface area contributed by atoms with Gasteiger partial charge in [0.2, 0.25) is 0 Å². The summed E-state index contributed by atoms with van der Waals surface area (Å²) in [7, 11) is -2.17. The molecular formula is C19H20N4O3S. The van der Waals surface area contributed by atoms with Crippen molar-refractivity contribution in [1.82, 2.24) is 19.5 Å². The van der Waals surface area contributed by atoms with Gasteiger partial charge in [0.05, 0.1) is 21.8 Å². The van der Waals surface area contributed by atoms with Crippen LogP contribution in [0.2, 0.25) is 0 Å². The van der Waals surface area contributed by atoms with E-state index in [-0.39, 0.29) is 10.5 Å². The Hall–Kier alpha value is -2.74. The predicted molar refractivity (Wildman–Crippen MR) is 101 cm³/mol. The normalized spacial score (nSPS) is 13.7. The third-order valence-corrected chi connectivity index (χ3v) is 6.37. The fourth-order valence-corrected chi connectivity index (χ4v) is 4.63. The molecule has 140 valence electrons. The molecule has 1 amide bonds. The summed E-state index contributed by atoms with van der Waals surface area (Å²) in [4.78, 5) is 17.2. The molecule has 2 aromatic heterocycles. The lowest BCUT2D eigenvalue weighted by molar-refractivity contribution is 0.0980. The van der Waals surface area contributed by atoms with Crippen molar-refractivity contribution in [1.29, 1.82) is 0 Å². The molecule has 4 rings (SSSR count). The zero-order valence-electron chi connectivity index (χ0n) is 15.4. The maximum absolute atomic E-state index is 12.7. The molecular weight excluding hydrogens is 364 g/mol. The molecule has 1 aliphatic carbocycles. The van der Waals surface area contributed by atoms with Crippen LogP contribution >= 0.6 is 0 Å². The van der Waals surface area contributed by atoms with Gasteiger partial charge in [-0.05, 0) is 62.4 Å². The summed E-state index contributed by atoms with van der Waals surface area (Å²) in [5.74, 6) is -0.689. The van der Waals surface area contributed by atoms with Crippen molar-refractivity contribution in [3.8, 4) is 0 Å². The van der Waals surface area contributed by atoms with E-state index in [1.54, 1.807) is 36.9 Å². The standard InChI is InChI=1S/C19H20N4O3S/c1-11-17(10-16-12(2)21-23(3)18(16)20-11)19(24)22-27(25,26)15-8-7-13-5-4-6-14(13)9-15/h7-10H,4-6H2,1-3H3,(H,22,24). The number of nitrogens with one attached hydrogen (secondary N) is 1. The van der Waals surface area contributed by atoms with Gasteiger partial charge in [0.25, 0.3) is 15.9 Å². The van der Waals surface area contributed by atoms with Crippen LogP contribution in [0.5, 0.6) is 0 Å². The van der Waals surface area contributed by atoms with Crippen molar-refractivity contribution in [2.45, 2.75) is 38.0 Å². The molecule has 1 aromatic carbocycles. The zero-order chi connectivity index (χ0) is 19.3. The molecule has 1 N–H and O–H groups in total. The smallest absolute Gasteiger partial charge is 0.266 e. The van der Waals surface area contributed by atoms with Gasteiger partial charge >= 0.3 is 0 Å². The summed E-state index contributed by atoms with van der Waals surface area (Å²) < 4.78 is 29.2. The average Bonchev–Trinajstić information content (AvgIpc) is 3.18. The summed E-state index contributed by atoms with van der Waals surface area (Å²) in [6.07, 6.45) is 2.87. The van der Waals surface area contributed by atoms with E-state index < -0.39 is 15.9 Å². The topological polar surface area (TPSA) is 93.9 Å². The number of aryl methyl sites for hydroxylation is 5. The van der Waals surface area contributed by atoms with E-state index in [4.69, 9.17) is 0 Å². The third-order valence-electron chi connectivity index (χ3n) is 5.04. The maximum atomic E-state index is 12.7. The third kappa shape index (κ3) is 2.99. The molecule has 0 fully saturated rings. The van der Waals surface area contributed by atoms with Gasteiger partial charge in [0.1, 0.15) is 0 Å². The highest BCUT2D eigenvalue weighted by Crippen LogP contribution is 2.25. The quantitative estimate of drug-likeness (QED) is 0.747. The number of sulfonamides is 1. The number of aromatic nitrogens is 3. The number of rotatable bonds is 3. The summed E-state index contributed by atoms with van der Waals surface area (Å²) in [5.41, 5.74) is 4.28. The molecule has 27 heavy (non-hydrogen) atoms. The molecule has 0 saturated heterocycles. The number of carbonyl (C=O) groups excluding carboxylic acids is 1. The Bertz CT molecular complexity index is 1200. The minimum absolute atomic E-state index is 0.112. The fraction of sp³-hybridized carbons (Fsp3) is 0.316. The number of hydrogen-bond acceptors (Lipinski definition) is 5. The van der Waals surface area contributed by atoms with E-state index in [0.717, 1.165) is 35.9 Å². The predicted octanol–water partition coefficient (Wildman–Crippen LogP) is 2.19. The van der Waals surface area contributed by atoms with Crippen LogP contribution in [-0.4, -0.2) is 29.1 Å². The van der Waals surface area contributed by atoms with E-state index in [1.165, 1.54) is 5.56 Å². The Morgan fingerprint density at radius 3 is 2.63 bits per heavy atom. The van der Waals surface area contributed by atoms with Crippen molar-refractivity contribution in [2.24, 2.45) is 7.05 Å². The summed E-state index contributed by atoms with van der Waals surface area (Å²) >= 11 is 0. The lowest BCUT2D eigenvalue weighted by Crippen LogP contribution is -2.31. The van der Waals surface area contributed by atoms with Crippen LogP contribution in [0.25, 0.3) is 11.0 Å². The maximum Gasteiger partial charge on any atom is 0.266 e. The van der Waals surface area contributed by atoms with Gasteiger partial charge in [-0.1, -0.05) is 6.07 Å². The first-order valence-electron chi connectivity index (χ1n) is 8.76. The molecule has 8 heteroatoms. The van der Waals surface area contributed by atoms with Crippen LogP contribution in [0.4, 0.5) is 0 Å². The van der Waals surface area contributed by atoms with Gasteiger partial charge < -0.3 is 0 Å². The van der Waals surface area contributed by atoms with Gasteiger partial charge in [-0.25, -0.2) is 18.1 Å². The van der Waals surface area contributed by atoms with Gasteiger partial charge in [-0.3, -0.25) is 9.48 Å². The van der Waals surface area contributed by atoms with E-state index in [1.807, 2.05) is 13.0 Å². The van der Waals surface area contributed by atoms with Gasteiger partial charge in [-0.15, -0.1) is 0 Å². The zero-order valence-corrected chi connectivity index (χ0v) is 16.2. The first-order valence-corrected chi connectivity index (χ1v) is 10.2. The van der Waals surface area contributed by atoms with Gasteiger partial charge in [0, 0.05) is 12.4 Å². The molecule has 7 nitrogen and oxygen atoms in total. The number of hydrogen-bond donors (Lipinski definition) is 1. The summed E-state index contributed by atoms with van der Waals surface area (Å²) in [6, 6.07) is 6.70. The number of nitrogens with zero attached hydrogens (tertiary/aromatic N) is 3. The molecule has 0 radical (unpaired) electrons. The Morgan fingerprint density at radius 2 is 1.85 bits per heavy atom. The van der Waals surface area contributed by atoms with Crippen molar-refractivity contribution >= 4 is 27.0 Å². The van der Waals surface area contributed by atoms with Crippen molar-refractivity contribution < 1.29 is 13.2 Å². The van der Waals surface area contributed by atoms with Crippen LogP contribution < -0.4 is 4.72 Å². The number of fused-ring (bicyclic) bond motifs is 2. The monoisotopic (exact) mass is 384 g/mol. The minimum Gasteiger partial charge on any atom is -0.268 e. The van der Waals surface area contributed by atoms with Crippen molar-refractivity contribution in [3.05, 3.63) is 52.3 Å². The second-order valence-corrected chi connectivity index (χ2v) is 8.60. The highest BCUT2D eigenvalue weighted by Gasteiger charge is 2.23. The van der Waals surface area contributed by atoms with Crippen LogP contribution in [0.15, 0.2) is 29.2 Å². The molecule has 3 aromatic rings. The lowest BCUT2D eigenvalue weighted by Gasteiger charge is -2.10. The van der Waals surface area contributed by atoms with Crippen molar-refractivity contribution in [3.63, 3.8) is 0 Å². The molecule has 0 spiro atoms. The van der Waals surface area contributed by atoms with E-state index in [9.17, 15) is 13.2 Å². The van der Waals surface area contributed by atoms with Crippen LogP contribution in [-0.2, 0) is 29.9 Å². The molecule has 0 aliphatic heterocycles. The highest BCUT2D eigenvalue weighted by atomic mass is 32.2. The molecule has 2 heterocycles. The first kappa shape index (κ1) is 17.7. The largest absolute Gasteiger partial charge is 0.268 e. The van der Waals surface area contributed by atoms with Crippen LogP contribution in [0.1, 0.15) is 39.3 Å². The fourth-order valence-electron chi connectivity index (χ4n) is 3.61. The Morgan fingerprint density at radius 1 is 1.11 bits per heavy atom. The number of benzene rings is 1. The number of pyridine rings is 1. The second kappa shape index (κ2) is 6.16. The lowest BCUT2D eigenvalue weighted by atomic mass is 10.1. The first-order chi connectivity index (χ1) is 12.8. The van der Waals surface area contributed by atoms with Crippen LogP contribution in [0.3, 0.4) is 0 Å². The minimum atomic E-state index is -3.95. The molecule has 0 bridgehead atoms. The van der Waals surface area contributed by atoms with E-state index in [2.05, 4.69) is 14.8 Å². The Kier molecular flexibility index (Phi) is 4.03. The van der Waals surface area contributed by atoms with Gasteiger partial charge in [0.15, 0.2) is 5.65 Å². The van der Waals surface area contributed by atoms with E-state index in [0.29, 0.717) is 11.3 Å².